The number of halogens is 1. The van der Waals surface area contributed by atoms with Crippen LogP contribution < -0.4 is 0 Å². The number of carbonyl (C=O) groups is 2. The van der Waals surface area contributed by atoms with Crippen molar-refractivity contribution < 1.29 is 14.0 Å². The third kappa shape index (κ3) is 3.54. The molecule has 0 bridgehead atoms. The minimum atomic E-state index is -0.282. The average Bonchev–Trinajstić information content (AvgIpc) is 3.18. The van der Waals surface area contributed by atoms with Gasteiger partial charge in [0.1, 0.15) is 11.5 Å². The zero-order valence-electron chi connectivity index (χ0n) is 15.9. The second-order valence-electron chi connectivity index (χ2n) is 7.15. The zero-order valence-corrected chi connectivity index (χ0v) is 16.8. The number of thiophene rings is 1. The highest BCUT2D eigenvalue weighted by Gasteiger charge is 2.26. The fraction of sp³-hybridized carbons (Fsp3) is 0.333. The van der Waals surface area contributed by atoms with Gasteiger partial charge in [0, 0.05) is 44.5 Å². The molecule has 28 heavy (non-hydrogen) atoms. The summed E-state index contributed by atoms with van der Waals surface area (Å²) >= 11 is 1.65. The molecule has 146 valence electrons. The fourth-order valence-corrected chi connectivity index (χ4v) is 4.68. The number of fused-ring (bicyclic) bond motifs is 1. The molecule has 0 N–H and O–H groups in total. The van der Waals surface area contributed by atoms with Crippen molar-refractivity contribution in [2.24, 2.45) is 0 Å². The number of carbonyl (C=O) groups excluding carboxylic acids is 2. The van der Waals surface area contributed by atoms with Crippen LogP contribution in [-0.4, -0.2) is 52.4 Å². The summed E-state index contributed by atoms with van der Waals surface area (Å²) in [6, 6.07) is 10.5. The van der Waals surface area contributed by atoms with Gasteiger partial charge in [-0.1, -0.05) is 12.1 Å². The molecule has 4 rings (SSSR count). The van der Waals surface area contributed by atoms with Crippen molar-refractivity contribution in [2.45, 2.75) is 20.4 Å². The van der Waals surface area contributed by atoms with Crippen LogP contribution in [0, 0.1) is 12.7 Å². The Morgan fingerprint density at radius 3 is 2.46 bits per heavy atom. The Kier molecular flexibility index (Phi) is 4.93. The lowest BCUT2D eigenvalue weighted by atomic mass is 10.2. The number of aromatic nitrogens is 1. The zero-order chi connectivity index (χ0) is 19.8. The Labute approximate surface area is 167 Å². The summed E-state index contributed by atoms with van der Waals surface area (Å²) in [7, 11) is 0. The molecule has 0 unspecified atom stereocenters. The minimum absolute atomic E-state index is 0.0394. The van der Waals surface area contributed by atoms with E-state index < -0.39 is 0 Å². The lowest BCUT2D eigenvalue weighted by Crippen LogP contribution is -2.50. The highest BCUT2D eigenvalue weighted by atomic mass is 32.1. The molecule has 1 saturated heterocycles. The first-order valence-corrected chi connectivity index (χ1v) is 10.1. The summed E-state index contributed by atoms with van der Waals surface area (Å²) in [5, 5.41) is 0. The number of amides is 2. The first-order chi connectivity index (χ1) is 13.4. The van der Waals surface area contributed by atoms with Crippen LogP contribution in [0.2, 0.25) is 0 Å². The van der Waals surface area contributed by atoms with E-state index in [1.54, 1.807) is 34.1 Å². The second kappa shape index (κ2) is 7.39. The van der Waals surface area contributed by atoms with Gasteiger partial charge in [-0.2, -0.15) is 0 Å². The summed E-state index contributed by atoms with van der Waals surface area (Å²) in [5.74, 6) is -0.283. The van der Waals surface area contributed by atoms with Gasteiger partial charge < -0.3 is 14.4 Å². The second-order valence-corrected chi connectivity index (χ2v) is 8.44. The molecule has 1 aromatic carbocycles. The number of piperazine rings is 1. The first-order valence-electron chi connectivity index (χ1n) is 9.31. The van der Waals surface area contributed by atoms with Crippen LogP contribution >= 0.6 is 11.3 Å². The molecule has 1 aliphatic heterocycles. The van der Waals surface area contributed by atoms with Crippen LogP contribution in [-0.2, 0) is 11.3 Å². The third-order valence-electron chi connectivity index (χ3n) is 5.17. The van der Waals surface area contributed by atoms with Crippen molar-refractivity contribution in [2.75, 3.05) is 26.2 Å². The number of benzene rings is 1. The number of hydrogen-bond donors (Lipinski definition) is 0. The monoisotopic (exact) mass is 399 g/mol. The topological polar surface area (TPSA) is 45.6 Å². The molecule has 3 heterocycles. The lowest BCUT2D eigenvalue weighted by molar-refractivity contribution is -0.130. The number of nitrogens with zero attached hydrogens (tertiary/aromatic N) is 3. The predicted octanol–water partition coefficient (Wildman–Crippen LogP) is 3.50. The van der Waals surface area contributed by atoms with Gasteiger partial charge in [0.25, 0.3) is 5.91 Å². The number of hydrogen-bond acceptors (Lipinski definition) is 3. The van der Waals surface area contributed by atoms with E-state index in [1.165, 1.54) is 17.0 Å². The maximum Gasteiger partial charge on any atom is 0.270 e. The molecule has 0 saturated carbocycles. The molecule has 2 aromatic heterocycles. The predicted molar refractivity (Wildman–Crippen MR) is 108 cm³/mol. The number of aryl methyl sites for hydroxylation is 1. The summed E-state index contributed by atoms with van der Waals surface area (Å²) < 4.78 is 16.7. The van der Waals surface area contributed by atoms with E-state index in [4.69, 9.17) is 0 Å². The Morgan fingerprint density at radius 2 is 1.79 bits per heavy atom. The van der Waals surface area contributed by atoms with E-state index in [0.717, 1.165) is 15.8 Å². The van der Waals surface area contributed by atoms with Gasteiger partial charge >= 0.3 is 0 Å². The molecular weight excluding hydrogens is 377 g/mol. The van der Waals surface area contributed by atoms with Gasteiger partial charge in [-0.25, -0.2) is 4.39 Å². The molecule has 7 heteroatoms. The molecule has 0 atom stereocenters. The van der Waals surface area contributed by atoms with Crippen LogP contribution in [0.25, 0.3) is 10.2 Å². The molecular formula is C21H22FN3O2S. The SMILES string of the molecule is CC(=O)N1CCN(C(=O)c2cc3sc(C)cc3n2Cc2cccc(F)c2)CC1. The standard InChI is InChI=1S/C21H22FN3O2S/c1-14-10-18-20(28-14)12-19(25(18)13-16-4-3-5-17(22)11-16)21(27)24-8-6-23(7-9-24)15(2)26/h3-5,10-12H,6-9,13H2,1-2H3. The van der Waals surface area contributed by atoms with E-state index in [1.807, 2.05) is 23.6 Å². The Bertz CT molecular complexity index is 1050. The summed E-state index contributed by atoms with van der Waals surface area (Å²) in [6.07, 6.45) is 0. The summed E-state index contributed by atoms with van der Waals surface area (Å²) in [6.45, 7) is 6.19. The molecule has 3 aromatic rings. The van der Waals surface area contributed by atoms with Crippen molar-refractivity contribution in [3.8, 4) is 0 Å². The van der Waals surface area contributed by atoms with Crippen molar-refractivity contribution in [1.82, 2.24) is 14.4 Å². The number of rotatable bonds is 3. The normalized spacial score (nSPS) is 14.7. The van der Waals surface area contributed by atoms with Crippen LogP contribution in [0.5, 0.6) is 0 Å². The van der Waals surface area contributed by atoms with Gasteiger partial charge in [-0.05, 0) is 36.8 Å². The van der Waals surface area contributed by atoms with Crippen molar-refractivity contribution in [3.05, 3.63) is 58.3 Å². The maximum atomic E-state index is 13.7. The largest absolute Gasteiger partial charge is 0.339 e. The Hall–Kier alpha value is -2.67. The van der Waals surface area contributed by atoms with Gasteiger partial charge in [0.05, 0.1) is 10.2 Å². The van der Waals surface area contributed by atoms with Crippen molar-refractivity contribution in [1.29, 1.82) is 0 Å². The van der Waals surface area contributed by atoms with E-state index in [-0.39, 0.29) is 17.6 Å². The van der Waals surface area contributed by atoms with Crippen LogP contribution in [0.15, 0.2) is 36.4 Å². The summed E-state index contributed by atoms with van der Waals surface area (Å²) in [4.78, 5) is 29.5. The molecule has 0 radical (unpaired) electrons. The van der Waals surface area contributed by atoms with Crippen LogP contribution in [0.1, 0.15) is 27.9 Å². The third-order valence-corrected chi connectivity index (χ3v) is 6.16. The van der Waals surface area contributed by atoms with Gasteiger partial charge in [0.2, 0.25) is 5.91 Å². The van der Waals surface area contributed by atoms with Crippen LogP contribution in [0.4, 0.5) is 4.39 Å². The van der Waals surface area contributed by atoms with Gasteiger partial charge in [-0.3, -0.25) is 9.59 Å². The molecule has 2 amide bonds. The van der Waals surface area contributed by atoms with Gasteiger partial charge in [0.15, 0.2) is 0 Å². The average molecular weight is 399 g/mol. The molecule has 1 aliphatic rings. The van der Waals surface area contributed by atoms with Crippen LogP contribution in [0.3, 0.4) is 0 Å². The smallest absolute Gasteiger partial charge is 0.270 e. The lowest BCUT2D eigenvalue weighted by Gasteiger charge is -2.34. The van der Waals surface area contributed by atoms with Crippen molar-refractivity contribution >= 4 is 33.4 Å². The van der Waals surface area contributed by atoms with E-state index >= 15 is 0 Å². The molecule has 0 spiro atoms. The Morgan fingerprint density at radius 1 is 1.07 bits per heavy atom. The van der Waals surface area contributed by atoms with E-state index in [0.29, 0.717) is 38.4 Å². The molecule has 0 aliphatic carbocycles. The molecule has 5 nitrogen and oxygen atoms in total. The first kappa shape index (κ1) is 18.7. The molecule has 1 fully saturated rings. The minimum Gasteiger partial charge on any atom is -0.339 e. The highest BCUT2D eigenvalue weighted by molar-refractivity contribution is 7.19. The van der Waals surface area contributed by atoms with E-state index in [2.05, 4.69) is 6.07 Å². The van der Waals surface area contributed by atoms with E-state index in [9.17, 15) is 14.0 Å². The van der Waals surface area contributed by atoms with Gasteiger partial charge in [-0.15, -0.1) is 11.3 Å². The quantitative estimate of drug-likeness (QED) is 0.677. The maximum absolute atomic E-state index is 13.7. The highest BCUT2D eigenvalue weighted by Crippen LogP contribution is 2.30. The Balaban J connectivity index is 1.66. The van der Waals surface area contributed by atoms with Crippen molar-refractivity contribution in [3.63, 3.8) is 0 Å². The summed E-state index contributed by atoms with van der Waals surface area (Å²) in [5.41, 5.74) is 2.43. The fourth-order valence-electron chi connectivity index (χ4n) is 3.72.